The number of para-hydroxylation sites is 1. The molecule has 3 rings (SSSR count). The number of rotatable bonds is 4. The molecule has 158 valence electrons. The van der Waals surface area contributed by atoms with Gasteiger partial charge in [0.25, 0.3) is 5.91 Å². The number of benzene rings is 2. The van der Waals surface area contributed by atoms with Crippen molar-refractivity contribution in [2.75, 3.05) is 16.8 Å². The predicted octanol–water partition coefficient (Wildman–Crippen LogP) is 3.82. The van der Waals surface area contributed by atoms with Crippen molar-refractivity contribution in [1.82, 2.24) is 5.32 Å². The molecule has 1 atom stereocenters. The molecule has 1 heterocycles. The first-order chi connectivity index (χ1) is 14.0. The number of nitrogens with one attached hydrogen (secondary N) is 2. The maximum absolute atomic E-state index is 12.9. The number of amides is 3. The van der Waals surface area contributed by atoms with E-state index in [9.17, 15) is 14.4 Å². The van der Waals surface area contributed by atoms with Gasteiger partial charge in [0.15, 0.2) is 0 Å². The van der Waals surface area contributed by atoms with Crippen molar-refractivity contribution in [3.8, 4) is 0 Å². The quantitative estimate of drug-likeness (QED) is 0.809. The Bertz CT molecular complexity index is 991. The van der Waals surface area contributed by atoms with Gasteiger partial charge in [-0.3, -0.25) is 14.4 Å². The van der Waals surface area contributed by atoms with Gasteiger partial charge in [0.05, 0.1) is 17.2 Å². The van der Waals surface area contributed by atoms with Crippen molar-refractivity contribution in [2.24, 2.45) is 5.92 Å². The highest BCUT2D eigenvalue weighted by atomic mass is 16.2. The van der Waals surface area contributed by atoms with E-state index in [1.807, 2.05) is 52.8 Å². The van der Waals surface area contributed by atoms with E-state index in [2.05, 4.69) is 10.6 Å². The van der Waals surface area contributed by atoms with E-state index >= 15 is 0 Å². The molecule has 0 aliphatic carbocycles. The summed E-state index contributed by atoms with van der Waals surface area (Å²) in [6, 6.07) is 12.8. The standard InChI is InChI=1S/C24H29N3O3/c1-15-10-11-18(12-16(15)2)27-14-17(13-21(27)28)22(29)25-20-9-7-6-8-19(20)23(30)26-24(3,4)5/h6-12,17H,13-14H2,1-5H3,(H,25,29)(H,26,30)/t17-/m1/s1. The van der Waals surface area contributed by atoms with Crippen LogP contribution in [-0.4, -0.2) is 29.8 Å². The third-order valence-electron chi connectivity index (χ3n) is 5.22. The average Bonchev–Trinajstić information content (AvgIpc) is 3.05. The molecule has 0 bridgehead atoms. The van der Waals surface area contributed by atoms with Gasteiger partial charge in [-0.05, 0) is 70.0 Å². The van der Waals surface area contributed by atoms with Crippen LogP contribution in [0.4, 0.5) is 11.4 Å². The highest BCUT2D eigenvalue weighted by molar-refractivity contribution is 6.07. The Labute approximate surface area is 177 Å². The summed E-state index contributed by atoms with van der Waals surface area (Å²) in [7, 11) is 0. The van der Waals surface area contributed by atoms with E-state index in [0.29, 0.717) is 17.8 Å². The SMILES string of the molecule is Cc1ccc(N2C[C@H](C(=O)Nc3ccccc3C(=O)NC(C)(C)C)CC2=O)cc1C. The van der Waals surface area contributed by atoms with Gasteiger partial charge in [-0.15, -0.1) is 0 Å². The summed E-state index contributed by atoms with van der Waals surface area (Å²) in [6.07, 6.45) is 0.148. The van der Waals surface area contributed by atoms with E-state index in [-0.39, 0.29) is 24.1 Å². The molecule has 2 N–H and O–H groups in total. The molecule has 30 heavy (non-hydrogen) atoms. The Morgan fingerprint density at radius 1 is 1.03 bits per heavy atom. The maximum atomic E-state index is 12.9. The minimum absolute atomic E-state index is 0.0721. The van der Waals surface area contributed by atoms with Crippen molar-refractivity contribution in [2.45, 2.75) is 46.6 Å². The zero-order valence-corrected chi connectivity index (χ0v) is 18.2. The Hall–Kier alpha value is -3.15. The van der Waals surface area contributed by atoms with Crippen LogP contribution in [0.1, 0.15) is 48.7 Å². The van der Waals surface area contributed by atoms with Gasteiger partial charge in [0, 0.05) is 24.2 Å². The van der Waals surface area contributed by atoms with Crippen LogP contribution in [0.5, 0.6) is 0 Å². The van der Waals surface area contributed by atoms with Gasteiger partial charge < -0.3 is 15.5 Å². The number of carbonyl (C=O) groups excluding carboxylic acids is 3. The number of nitrogens with zero attached hydrogens (tertiary/aromatic N) is 1. The second kappa shape index (κ2) is 8.30. The lowest BCUT2D eigenvalue weighted by molar-refractivity contribution is -0.122. The Balaban J connectivity index is 1.74. The lowest BCUT2D eigenvalue weighted by Crippen LogP contribution is -2.41. The smallest absolute Gasteiger partial charge is 0.253 e. The third kappa shape index (κ3) is 4.87. The first-order valence-electron chi connectivity index (χ1n) is 10.1. The van der Waals surface area contributed by atoms with Crippen molar-refractivity contribution in [3.63, 3.8) is 0 Å². The molecule has 2 aromatic carbocycles. The normalized spacial score (nSPS) is 16.5. The van der Waals surface area contributed by atoms with Crippen LogP contribution in [0.3, 0.4) is 0 Å². The van der Waals surface area contributed by atoms with Gasteiger partial charge in [-0.25, -0.2) is 0 Å². The largest absolute Gasteiger partial charge is 0.347 e. The predicted molar refractivity (Wildman–Crippen MR) is 119 cm³/mol. The molecule has 2 aromatic rings. The average molecular weight is 408 g/mol. The van der Waals surface area contributed by atoms with Gasteiger partial charge in [0.2, 0.25) is 11.8 Å². The second-order valence-corrected chi connectivity index (χ2v) is 8.91. The fourth-order valence-corrected chi connectivity index (χ4v) is 3.46. The molecule has 1 saturated heterocycles. The Morgan fingerprint density at radius 3 is 2.40 bits per heavy atom. The van der Waals surface area contributed by atoms with Crippen LogP contribution in [0.15, 0.2) is 42.5 Å². The molecule has 1 fully saturated rings. The molecule has 0 unspecified atom stereocenters. The van der Waals surface area contributed by atoms with E-state index in [4.69, 9.17) is 0 Å². The van der Waals surface area contributed by atoms with Crippen LogP contribution in [0.2, 0.25) is 0 Å². The van der Waals surface area contributed by atoms with Crippen molar-refractivity contribution < 1.29 is 14.4 Å². The summed E-state index contributed by atoms with van der Waals surface area (Å²) in [5, 5.41) is 5.76. The van der Waals surface area contributed by atoms with Crippen molar-refractivity contribution >= 4 is 29.1 Å². The van der Waals surface area contributed by atoms with Gasteiger partial charge >= 0.3 is 0 Å². The van der Waals surface area contributed by atoms with Gasteiger partial charge in [0.1, 0.15) is 0 Å². The summed E-state index contributed by atoms with van der Waals surface area (Å²) in [5.74, 6) is -1.06. The number of carbonyl (C=O) groups is 3. The van der Waals surface area contributed by atoms with E-state index in [1.54, 1.807) is 29.2 Å². The molecule has 0 saturated carbocycles. The fourth-order valence-electron chi connectivity index (χ4n) is 3.46. The van der Waals surface area contributed by atoms with Crippen LogP contribution < -0.4 is 15.5 Å². The van der Waals surface area contributed by atoms with Gasteiger partial charge in [-0.1, -0.05) is 18.2 Å². The molecule has 0 spiro atoms. The van der Waals surface area contributed by atoms with E-state index in [1.165, 1.54) is 0 Å². The zero-order valence-electron chi connectivity index (χ0n) is 18.2. The van der Waals surface area contributed by atoms with Crippen LogP contribution in [0.25, 0.3) is 0 Å². The molecule has 0 radical (unpaired) electrons. The topological polar surface area (TPSA) is 78.5 Å². The van der Waals surface area contributed by atoms with Crippen LogP contribution >= 0.6 is 0 Å². The second-order valence-electron chi connectivity index (χ2n) is 8.91. The molecule has 1 aliphatic rings. The Kier molecular flexibility index (Phi) is 5.97. The van der Waals surface area contributed by atoms with Crippen LogP contribution in [-0.2, 0) is 9.59 Å². The third-order valence-corrected chi connectivity index (χ3v) is 5.22. The summed E-state index contributed by atoms with van der Waals surface area (Å²) in [4.78, 5) is 39.7. The highest BCUT2D eigenvalue weighted by Gasteiger charge is 2.35. The minimum atomic E-state index is -0.474. The summed E-state index contributed by atoms with van der Waals surface area (Å²) in [5.41, 5.74) is 3.52. The fraction of sp³-hybridized carbons (Fsp3) is 0.375. The first kappa shape index (κ1) is 21.6. The molecular formula is C24H29N3O3. The Morgan fingerprint density at radius 2 is 1.73 bits per heavy atom. The van der Waals surface area contributed by atoms with Crippen molar-refractivity contribution in [1.29, 1.82) is 0 Å². The first-order valence-corrected chi connectivity index (χ1v) is 10.1. The van der Waals surface area contributed by atoms with E-state index in [0.717, 1.165) is 16.8 Å². The summed E-state index contributed by atoms with van der Waals surface area (Å²) in [6.45, 7) is 10.0. The minimum Gasteiger partial charge on any atom is -0.347 e. The molecule has 6 heteroatoms. The summed E-state index contributed by atoms with van der Waals surface area (Å²) >= 11 is 0. The number of aryl methyl sites for hydroxylation is 2. The van der Waals surface area contributed by atoms with Crippen molar-refractivity contribution in [3.05, 3.63) is 59.2 Å². The molecule has 6 nitrogen and oxygen atoms in total. The number of hydrogen-bond acceptors (Lipinski definition) is 3. The molecule has 1 aliphatic heterocycles. The maximum Gasteiger partial charge on any atom is 0.253 e. The van der Waals surface area contributed by atoms with Crippen LogP contribution in [0, 0.1) is 19.8 Å². The monoisotopic (exact) mass is 407 g/mol. The van der Waals surface area contributed by atoms with Gasteiger partial charge in [-0.2, -0.15) is 0 Å². The number of hydrogen-bond donors (Lipinski definition) is 2. The lowest BCUT2D eigenvalue weighted by atomic mass is 10.1. The lowest BCUT2D eigenvalue weighted by Gasteiger charge is -2.22. The highest BCUT2D eigenvalue weighted by Crippen LogP contribution is 2.28. The molecular weight excluding hydrogens is 378 g/mol. The number of anilines is 2. The molecule has 0 aromatic heterocycles. The summed E-state index contributed by atoms with van der Waals surface area (Å²) < 4.78 is 0. The van der Waals surface area contributed by atoms with E-state index < -0.39 is 11.5 Å². The molecule has 3 amide bonds. The zero-order chi connectivity index (χ0) is 22.1.